The second-order valence-electron chi connectivity index (χ2n) is 9.83. The van der Waals surface area contributed by atoms with Gasteiger partial charge in [0.1, 0.15) is 0 Å². The van der Waals surface area contributed by atoms with Crippen LogP contribution in [0.3, 0.4) is 0 Å². The first-order valence-electron chi connectivity index (χ1n) is 12.8. The van der Waals surface area contributed by atoms with Gasteiger partial charge in [-0.15, -0.1) is 0 Å². The van der Waals surface area contributed by atoms with E-state index >= 15 is 0 Å². The van der Waals surface area contributed by atoms with Crippen molar-refractivity contribution in [3.8, 4) is 11.1 Å². The van der Waals surface area contributed by atoms with Crippen LogP contribution in [-0.4, -0.2) is 21.6 Å². The molecular weight excluding hydrogens is 508 g/mol. The Kier molecular flexibility index (Phi) is 7.27. The lowest BCUT2D eigenvalue weighted by molar-refractivity contribution is 0.0697. The highest BCUT2D eigenvalue weighted by molar-refractivity contribution is 6.30. The number of carbonyl (C=O) groups is 2. The monoisotopic (exact) mass is 536 g/mol. The summed E-state index contributed by atoms with van der Waals surface area (Å²) in [6.07, 6.45) is 0. The van der Waals surface area contributed by atoms with Gasteiger partial charge >= 0.3 is 5.97 Å². The van der Waals surface area contributed by atoms with Crippen molar-refractivity contribution in [2.24, 2.45) is 0 Å². The molecule has 0 saturated heterocycles. The predicted octanol–water partition coefficient (Wildman–Crippen LogP) is 7.56. The van der Waals surface area contributed by atoms with E-state index in [9.17, 15) is 14.7 Å². The van der Waals surface area contributed by atoms with Gasteiger partial charge < -0.3 is 15.0 Å². The third-order valence-corrected chi connectivity index (χ3v) is 7.64. The topological polar surface area (TPSA) is 71.3 Å². The third-order valence-electron chi connectivity index (χ3n) is 7.41. The molecule has 0 saturated carbocycles. The fourth-order valence-electron chi connectivity index (χ4n) is 5.02. The Morgan fingerprint density at radius 1 is 0.897 bits per heavy atom. The molecule has 0 atom stereocenters. The van der Waals surface area contributed by atoms with Gasteiger partial charge in [-0.25, -0.2) is 4.79 Å². The predicted molar refractivity (Wildman–Crippen MR) is 157 cm³/mol. The summed E-state index contributed by atoms with van der Waals surface area (Å²) in [5.74, 6) is -1.05. The molecule has 0 unspecified atom stereocenters. The minimum absolute atomic E-state index is 0.117. The van der Waals surface area contributed by atoms with Crippen LogP contribution in [0.4, 0.5) is 0 Å². The summed E-state index contributed by atoms with van der Waals surface area (Å²) in [4.78, 5) is 24.6. The van der Waals surface area contributed by atoms with Crippen molar-refractivity contribution in [3.63, 3.8) is 0 Å². The lowest BCUT2D eigenvalue weighted by atomic mass is 9.99. The van der Waals surface area contributed by atoms with Gasteiger partial charge in [-0.3, -0.25) is 4.79 Å². The molecule has 1 heterocycles. The number of hydrogen-bond donors (Lipinski definition) is 2. The average Bonchev–Trinajstić information content (AvgIpc) is 3.17. The molecule has 5 nitrogen and oxygen atoms in total. The zero-order chi connectivity index (χ0) is 27.7. The number of carboxylic acids is 1. The highest BCUT2D eigenvalue weighted by Crippen LogP contribution is 2.29. The Morgan fingerprint density at radius 3 is 2.36 bits per heavy atom. The summed E-state index contributed by atoms with van der Waals surface area (Å²) in [7, 11) is 0. The van der Waals surface area contributed by atoms with E-state index in [2.05, 4.69) is 23.7 Å². The zero-order valence-corrected chi connectivity index (χ0v) is 22.8. The van der Waals surface area contributed by atoms with Gasteiger partial charge in [-0.2, -0.15) is 0 Å². The summed E-state index contributed by atoms with van der Waals surface area (Å²) < 4.78 is 2.25. The van der Waals surface area contributed by atoms with E-state index in [0.717, 1.165) is 44.4 Å². The molecule has 4 aromatic carbocycles. The van der Waals surface area contributed by atoms with Gasteiger partial charge in [0, 0.05) is 40.3 Å². The largest absolute Gasteiger partial charge is 0.478 e. The molecular formula is C33H29ClN2O3. The average molecular weight is 537 g/mol. The maximum atomic E-state index is 13.0. The van der Waals surface area contributed by atoms with E-state index < -0.39 is 5.97 Å². The van der Waals surface area contributed by atoms with Crippen LogP contribution in [-0.2, 0) is 13.1 Å². The number of nitrogens with one attached hydrogen (secondary N) is 1. The summed E-state index contributed by atoms with van der Waals surface area (Å²) in [5.41, 5.74) is 9.00. The van der Waals surface area contributed by atoms with Crippen LogP contribution < -0.4 is 5.32 Å². The van der Waals surface area contributed by atoms with E-state index in [0.29, 0.717) is 29.2 Å². The van der Waals surface area contributed by atoms with Crippen LogP contribution in [0, 0.1) is 20.8 Å². The molecule has 6 heteroatoms. The summed E-state index contributed by atoms with van der Waals surface area (Å²) in [5, 5.41) is 14.3. The SMILES string of the molecule is Cc1cc(Cl)ccc1CNC(=O)c1ccc2c(c1)c(C)c(C)n2Cc1ccc(-c2ccccc2C(=O)O)cc1. The number of rotatable bonds is 7. The molecule has 0 radical (unpaired) electrons. The van der Waals surface area contributed by atoms with Gasteiger partial charge in [0.15, 0.2) is 0 Å². The maximum absolute atomic E-state index is 13.0. The highest BCUT2D eigenvalue weighted by atomic mass is 35.5. The fraction of sp³-hybridized carbons (Fsp3) is 0.152. The lowest BCUT2D eigenvalue weighted by Crippen LogP contribution is -2.23. The first-order valence-corrected chi connectivity index (χ1v) is 13.1. The van der Waals surface area contributed by atoms with E-state index in [1.807, 2.05) is 79.7 Å². The number of carbonyl (C=O) groups excluding carboxylic acids is 1. The molecule has 0 aliphatic carbocycles. The Balaban J connectivity index is 1.37. The number of halogens is 1. The molecule has 5 aromatic rings. The summed E-state index contributed by atoms with van der Waals surface area (Å²) in [6.45, 7) is 7.26. The van der Waals surface area contributed by atoms with Crippen LogP contribution in [0.5, 0.6) is 0 Å². The van der Waals surface area contributed by atoms with Crippen molar-refractivity contribution in [2.75, 3.05) is 0 Å². The second-order valence-corrected chi connectivity index (χ2v) is 10.3. The minimum atomic E-state index is -0.937. The van der Waals surface area contributed by atoms with Crippen LogP contribution >= 0.6 is 11.6 Å². The normalized spacial score (nSPS) is 11.1. The number of aromatic carboxylic acids is 1. The molecule has 1 amide bonds. The van der Waals surface area contributed by atoms with Crippen molar-refractivity contribution in [1.29, 1.82) is 0 Å². The van der Waals surface area contributed by atoms with Crippen molar-refractivity contribution >= 4 is 34.4 Å². The molecule has 0 aliphatic rings. The van der Waals surface area contributed by atoms with Crippen LogP contribution in [0.25, 0.3) is 22.0 Å². The van der Waals surface area contributed by atoms with Gasteiger partial charge in [0.05, 0.1) is 5.56 Å². The first-order chi connectivity index (χ1) is 18.7. The summed E-state index contributed by atoms with van der Waals surface area (Å²) in [6, 6.07) is 26.5. The molecule has 1 aromatic heterocycles. The molecule has 39 heavy (non-hydrogen) atoms. The standard InChI is InChI=1S/C33H29ClN2O3/c1-20-16-27(34)14-12-26(20)18-35-32(37)25-13-15-31-30(17-25)21(2)22(3)36(31)19-23-8-10-24(11-9-23)28-6-4-5-7-29(28)33(38)39/h4-17H,18-19H2,1-3H3,(H,35,37)(H,38,39). The first kappa shape index (κ1) is 26.3. The maximum Gasteiger partial charge on any atom is 0.336 e. The Morgan fingerprint density at radius 2 is 1.64 bits per heavy atom. The third kappa shape index (κ3) is 5.31. The number of amides is 1. The van der Waals surface area contributed by atoms with Gasteiger partial charge in [-0.1, -0.05) is 60.1 Å². The molecule has 196 valence electrons. The number of benzene rings is 4. The van der Waals surface area contributed by atoms with Crippen molar-refractivity contribution in [3.05, 3.63) is 129 Å². The number of hydrogen-bond acceptors (Lipinski definition) is 2. The minimum Gasteiger partial charge on any atom is -0.478 e. The molecule has 0 fully saturated rings. The molecule has 0 bridgehead atoms. The lowest BCUT2D eigenvalue weighted by Gasteiger charge is -2.11. The number of carboxylic acid groups (broad SMARTS) is 1. The number of aryl methyl sites for hydroxylation is 2. The van der Waals surface area contributed by atoms with Gasteiger partial charge in [0.25, 0.3) is 5.91 Å². The van der Waals surface area contributed by atoms with Crippen LogP contribution in [0.2, 0.25) is 5.02 Å². The number of aromatic nitrogens is 1. The van der Waals surface area contributed by atoms with Crippen molar-refractivity contribution in [2.45, 2.75) is 33.9 Å². The van der Waals surface area contributed by atoms with Crippen LogP contribution in [0.15, 0.2) is 84.9 Å². The van der Waals surface area contributed by atoms with E-state index in [1.54, 1.807) is 12.1 Å². The van der Waals surface area contributed by atoms with E-state index in [1.165, 1.54) is 0 Å². The Bertz CT molecular complexity index is 1720. The molecule has 2 N–H and O–H groups in total. The van der Waals surface area contributed by atoms with Gasteiger partial charge in [0.2, 0.25) is 0 Å². The quantitative estimate of drug-likeness (QED) is 0.225. The van der Waals surface area contributed by atoms with E-state index in [4.69, 9.17) is 11.6 Å². The Hall–Kier alpha value is -4.35. The molecule has 0 spiro atoms. The van der Waals surface area contributed by atoms with Crippen LogP contribution in [0.1, 0.15) is 48.7 Å². The number of nitrogens with zero attached hydrogens (tertiary/aromatic N) is 1. The molecule has 0 aliphatic heterocycles. The number of fused-ring (bicyclic) bond motifs is 1. The van der Waals surface area contributed by atoms with Crippen molar-refractivity contribution in [1.82, 2.24) is 9.88 Å². The summed E-state index contributed by atoms with van der Waals surface area (Å²) >= 11 is 6.05. The second kappa shape index (κ2) is 10.8. The zero-order valence-electron chi connectivity index (χ0n) is 22.1. The van der Waals surface area contributed by atoms with Gasteiger partial charge in [-0.05, 0) is 90.6 Å². The van der Waals surface area contributed by atoms with Crippen molar-refractivity contribution < 1.29 is 14.7 Å². The molecule has 5 rings (SSSR count). The van der Waals surface area contributed by atoms with E-state index in [-0.39, 0.29) is 11.5 Å². The highest BCUT2D eigenvalue weighted by Gasteiger charge is 2.15. The Labute approximate surface area is 232 Å². The smallest absolute Gasteiger partial charge is 0.336 e. The fourth-order valence-corrected chi connectivity index (χ4v) is 5.25.